The van der Waals surface area contributed by atoms with Gasteiger partial charge in [-0.05, 0) is 18.9 Å². The molecule has 1 rings (SSSR count). The highest BCUT2D eigenvalue weighted by Crippen LogP contribution is 2.04. The first-order chi connectivity index (χ1) is 10.0. The van der Waals surface area contributed by atoms with Gasteiger partial charge in [-0.2, -0.15) is 0 Å². The van der Waals surface area contributed by atoms with Crippen LogP contribution in [0, 0.1) is 5.92 Å². The summed E-state index contributed by atoms with van der Waals surface area (Å²) < 4.78 is 0. The number of hydrogen-bond acceptors (Lipinski definition) is 5. The van der Waals surface area contributed by atoms with E-state index in [0.717, 1.165) is 25.1 Å². The first-order valence-electron chi connectivity index (χ1n) is 7.52. The molecule has 0 spiro atoms. The molecule has 0 bridgehead atoms. The molecule has 1 heterocycles. The average Bonchev–Trinajstić information content (AvgIpc) is 2.45. The van der Waals surface area contributed by atoms with Crippen LogP contribution in [0.25, 0.3) is 0 Å². The minimum atomic E-state index is -0.00868. The summed E-state index contributed by atoms with van der Waals surface area (Å²) in [5, 5.41) is 6.18. The third-order valence-electron chi connectivity index (χ3n) is 2.87. The number of likely N-dealkylation sites (N-methyl/N-ethyl adjacent to an activating group) is 1. The highest BCUT2D eigenvalue weighted by atomic mass is 16.2. The largest absolute Gasteiger partial charge is 0.355 e. The maximum absolute atomic E-state index is 11.6. The molecular weight excluding hydrogens is 266 g/mol. The van der Waals surface area contributed by atoms with Crippen molar-refractivity contribution >= 4 is 11.9 Å². The third-order valence-corrected chi connectivity index (χ3v) is 2.87. The van der Waals surface area contributed by atoms with Gasteiger partial charge in [-0.3, -0.25) is 4.79 Å². The van der Waals surface area contributed by atoms with Gasteiger partial charge in [-0.15, -0.1) is 0 Å². The van der Waals surface area contributed by atoms with Crippen LogP contribution in [0.4, 0.5) is 5.95 Å². The lowest BCUT2D eigenvalue weighted by molar-refractivity contribution is -0.119. The zero-order valence-electron chi connectivity index (χ0n) is 13.5. The predicted molar refractivity (Wildman–Crippen MR) is 85.1 cm³/mol. The van der Waals surface area contributed by atoms with Gasteiger partial charge in [0, 0.05) is 38.1 Å². The van der Waals surface area contributed by atoms with Crippen LogP contribution in [-0.4, -0.2) is 42.6 Å². The van der Waals surface area contributed by atoms with Crippen molar-refractivity contribution in [1.82, 2.24) is 20.6 Å². The summed E-state index contributed by atoms with van der Waals surface area (Å²) in [7, 11) is 1.82. The van der Waals surface area contributed by atoms with Crippen molar-refractivity contribution in [2.24, 2.45) is 5.92 Å². The number of amides is 1. The lowest BCUT2D eigenvalue weighted by Gasteiger charge is -2.16. The Morgan fingerprint density at radius 2 is 2.00 bits per heavy atom. The molecule has 2 N–H and O–H groups in total. The van der Waals surface area contributed by atoms with E-state index in [0.29, 0.717) is 18.4 Å². The van der Waals surface area contributed by atoms with Gasteiger partial charge in [0.2, 0.25) is 11.9 Å². The van der Waals surface area contributed by atoms with Crippen LogP contribution in [0.15, 0.2) is 12.4 Å². The van der Waals surface area contributed by atoms with Gasteiger partial charge in [0.1, 0.15) is 0 Å². The van der Waals surface area contributed by atoms with Crippen LogP contribution in [0.3, 0.4) is 0 Å². The van der Waals surface area contributed by atoms with E-state index < -0.39 is 0 Å². The Balaban J connectivity index is 2.43. The summed E-state index contributed by atoms with van der Waals surface area (Å²) in [6, 6.07) is 0. The smallest absolute Gasteiger partial charge is 0.239 e. The van der Waals surface area contributed by atoms with Gasteiger partial charge in [0.15, 0.2) is 0 Å². The zero-order chi connectivity index (χ0) is 15.7. The molecule has 0 unspecified atom stereocenters. The van der Waals surface area contributed by atoms with Gasteiger partial charge in [0.05, 0.1) is 6.54 Å². The molecule has 0 aliphatic rings. The van der Waals surface area contributed by atoms with Gasteiger partial charge in [-0.1, -0.05) is 20.8 Å². The highest BCUT2D eigenvalue weighted by molar-refractivity contribution is 5.80. The van der Waals surface area contributed by atoms with Gasteiger partial charge in [-0.25, -0.2) is 9.97 Å². The fourth-order valence-corrected chi connectivity index (χ4v) is 1.75. The minimum Gasteiger partial charge on any atom is -0.355 e. The summed E-state index contributed by atoms with van der Waals surface area (Å²) in [5.41, 5.74) is 1.04. The molecule has 118 valence electrons. The lowest BCUT2D eigenvalue weighted by atomic mass is 10.2. The Morgan fingerprint density at radius 3 is 2.57 bits per heavy atom. The fraction of sp³-hybridized carbons (Fsp3) is 0.667. The number of hydrogen-bond donors (Lipinski definition) is 2. The van der Waals surface area contributed by atoms with Crippen molar-refractivity contribution < 1.29 is 4.79 Å². The Labute approximate surface area is 127 Å². The average molecular weight is 293 g/mol. The van der Waals surface area contributed by atoms with Crippen molar-refractivity contribution in [3.8, 4) is 0 Å². The molecular formula is C15H27N5O. The monoisotopic (exact) mass is 293 g/mol. The number of nitrogens with one attached hydrogen (secondary N) is 2. The molecule has 0 saturated heterocycles. The van der Waals surface area contributed by atoms with E-state index in [1.54, 1.807) is 17.3 Å². The molecule has 0 atom stereocenters. The molecule has 0 aliphatic heterocycles. The van der Waals surface area contributed by atoms with Crippen molar-refractivity contribution in [2.75, 3.05) is 31.6 Å². The molecule has 0 fully saturated rings. The summed E-state index contributed by atoms with van der Waals surface area (Å²) in [6.07, 6.45) is 4.54. The van der Waals surface area contributed by atoms with Crippen molar-refractivity contribution in [3.63, 3.8) is 0 Å². The second kappa shape index (κ2) is 9.28. The maximum Gasteiger partial charge on any atom is 0.239 e. The summed E-state index contributed by atoms with van der Waals surface area (Å²) in [5.74, 6) is 1.18. The summed E-state index contributed by atoms with van der Waals surface area (Å²) in [4.78, 5) is 22.0. The van der Waals surface area contributed by atoms with Crippen LogP contribution in [0.1, 0.15) is 32.8 Å². The second-order valence-corrected chi connectivity index (χ2v) is 5.62. The molecule has 0 aromatic carbocycles. The van der Waals surface area contributed by atoms with Gasteiger partial charge >= 0.3 is 0 Å². The van der Waals surface area contributed by atoms with Crippen LogP contribution in [-0.2, 0) is 11.3 Å². The molecule has 1 amide bonds. The minimum absolute atomic E-state index is 0.00868. The Bertz CT molecular complexity index is 419. The second-order valence-electron chi connectivity index (χ2n) is 5.62. The summed E-state index contributed by atoms with van der Waals surface area (Å²) in [6.45, 7) is 9.08. The van der Waals surface area contributed by atoms with Crippen molar-refractivity contribution in [2.45, 2.75) is 33.7 Å². The normalized spacial score (nSPS) is 10.7. The molecule has 6 nitrogen and oxygen atoms in total. The molecule has 21 heavy (non-hydrogen) atoms. The number of anilines is 1. The Hall–Kier alpha value is -1.69. The first-order valence-corrected chi connectivity index (χ1v) is 7.52. The molecule has 6 heteroatoms. The van der Waals surface area contributed by atoms with E-state index in [1.807, 2.05) is 14.0 Å². The van der Waals surface area contributed by atoms with E-state index in [-0.39, 0.29) is 12.5 Å². The number of carbonyl (C=O) groups is 1. The maximum atomic E-state index is 11.6. The van der Waals surface area contributed by atoms with E-state index in [9.17, 15) is 4.79 Å². The molecule has 0 radical (unpaired) electrons. The number of nitrogens with zero attached hydrogens (tertiary/aromatic N) is 3. The fourth-order valence-electron chi connectivity index (χ4n) is 1.75. The highest BCUT2D eigenvalue weighted by Gasteiger charge is 2.09. The Kier molecular flexibility index (Phi) is 7.68. The van der Waals surface area contributed by atoms with E-state index in [2.05, 4.69) is 34.4 Å². The SMILES string of the molecule is CCCNC(=O)CN(C)c1ncc(CNCC(C)C)cn1. The van der Waals surface area contributed by atoms with Crippen LogP contribution < -0.4 is 15.5 Å². The van der Waals surface area contributed by atoms with Gasteiger partial charge in [0.25, 0.3) is 0 Å². The van der Waals surface area contributed by atoms with Crippen LogP contribution in [0.5, 0.6) is 0 Å². The summed E-state index contributed by atoms with van der Waals surface area (Å²) >= 11 is 0. The van der Waals surface area contributed by atoms with Gasteiger partial charge < -0.3 is 15.5 Å². The number of carbonyl (C=O) groups excluding carboxylic acids is 1. The van der Waals surface area contributed by atoms with E-state index in [4.69, 9.17) is 0 Å². The third kappa shape index (κ3) is 7.04. The standard InChI is InChI=1S/C15H27N5O/c1-5-6-17-14(21)11-20(4)15-18-9-13(10-19-15)8-16-7-12(2)3/h9-10,12,16H,5-8,11H2,1-4H3,(H,17,21). The van der Waals surface area contributed by atoms with E-state index in [1.165, 1.54) is 0 Å². The number of rotatable bonds is 9. The van der Waals surface area contributed by atoms with Crippen molar-refractivity contribution in [1.29, 1.82) is 0 Å². The van der Waals surface area contributed by atoms with Crippen LogP contribution >= 0.6 is 0 Å². The molecule has 0 saturated carbocycles. The van der Waals surface area contributed by atoms with E-state index >= 15 is 0 Å². The number of aromatic nitrogens is 2. The zero-order valence-corrected chi connectivity index (χ0v) is 13.5. The topological polar surface area (TPSA) is 70.2 Å². The molecule has 1 aromatic rings. The van der Waals surface area contributed by atoms with Crippen LogP contribution in [0.2, 0.25) is 0 Å². The lowest BCUT2D eigenvalue weighted by Crippen LogP contribution is -2.36. The Morgan fingerprint density at radius 1 is 1.33 bits per heavy atom. The molecule has 0 aliphatic carbocycles. The first kappa shape index (κ1) is 17.4. The quantitative estimate of drug-likeness (QED) is 0.715. The van der Waals surface area contributed by atoms with Crippen molar-refractivity contribution in [3.05, 3.63) is 18.0 Å². The molecule has 1 aromatic heterocycles. The predicted octanol–water partition coefficient (Wildman–Crippen LogP) is 1.18.